The van der Waals surface area contributed by atoms with Crippen LogP contribution in [-0.2, 0) is 11.3 Å². The van der Waals surface area contributed by atoms with Gasteiger partial charge in [0.25, 0.3) is 0 Å². The Kier molecular flexibility index (Phi) is 5.59. The number of nitrogens with zero attached hydrogens (tertiary/aromatic N) is 4. The summed E-state index contributed by atoms with van der Waals surface area (Å²) in [4.78, 5) is 6.79. The molecule has 0 aliphatic carbocycles. The fourth-order valence-electron chi connectivity index (χ4n) is 2.79. The molecule has 0 amide bonds. The summed E-state index contributed by atoms with van der Waals surface area (Å²) in [6.07, 6.45) is 4.18. The second-order valence-corrected chi connectivity index (χ2v) is 6.36. The van der Waals surface area contributed by atoms with Gasteiger partial charge in [0, 0.05) is 25.7 Å². The molecule has 0 bridgehead atoms. The van der Waals surface area contributed by atoms with Crippen LogP contribution in [0.2, 0.25) is 0 Å². The van der Waals surface area contributed by atoms with Crippen molar-refractivity contribution in [2.24, 2.45) is 0 Å². The first-order valence-corrected chi connectivity index (χ1v) is 8.58. The van der Waals surface area contributed by atoms with E-state index in [1.54, 1.807) is 6.20 Å². The molecule has 128 valence electrons. The molecule has 3 rings (SSSR count). The Morgan fingerprint density at radius 3 is 2.83 bits per heavy atom. The molecule has 1 aliphatic rings. The molecule has 1 unspecified atom stereocenters. The topological polar surface area (TPSA) is 63.2 Å². The lowest BCUT2D eigenvalue weighted by atomic mass is 10.2. The predicted molar refractivity (Wildman–Crippen MR) is 95.1 cm³/mol. The van der Waals surface area contributed by atoms with Gasteiger partial charge in [-0.2, -0.15) is 10.1 Å². The first-order valence-electron chi connectivity index (χ1n) is 8.58. The third-order valence-electron chi connectivity index (χ3n) is 4.16. The van der Waals surface area contributed by atoms with Crippen LogP contribution in [0.3, 0.4) is 0 Å². The highest BCUT2D eigenvalue weighted by molar-refractivity contribution is 5.40. The minimum Gasteiger partial charge on any atom is -0.376 e. The van der Waals surface area contributed by atoms with Crippen molar-refractivity contribution in [1.82, 2.24) is 15.2 Å². The normalized spacial score (nSPS) is 17.2. The fraction of sp³-hybridized carbons (Fsp3) is 0.500. The third-order valence-corrected chi connectivity index (χ3v) is 4.16. The molecule has 0 saturated carbocycles. The highest BCUT2D eigenvalue weighted by Crippen LogP contribution is 2.17. The summed E-state index contributed by atoms with van der Waals surface area (Å²) >= 11 is 0. The maximum Gasteiger partial charge on any atom is 0.247 e. The maximum absolute atomic E-state index is 5.63. The molecule has 1 saturated heterocycles. The molecule has 1 aliphatic heterocycles. The largest absolute Gasteiger partial charge is 0.376 e. The lowest BCUT2D eigenvalue weighted by molar-refractivity contribution is 0.120. The van der Waals surface area contributed by atoms with Gasteiger partial charge in [-0.25, -0.2) is 0 Å². The van der Waals surface area contributed by atoms with Crippen LogP contribution in [0.5, 0.6) is 0 Å². The van der Waals surface area contributed by atoms with Gasteiger partial charge in [0.2, 0.25) is 5.95 Å². The number of benzene rings is 1. The molecular formula is C18H25N5O. The quantitative estimate of drug-likeness (QED) is 0.844. The Morgan fingerprint density at radius 1 is 1.29 bits per heavy atom. The average Bonchev–Trinajstić information content (AvgIpc) is 3.12. The monoisotopic (exact) mass is 327 g/mol. The number of aromatic nitrogens is 3. The Labute approximate surface area is 143 Å². The van der Waals surface area contributed by atoms with Gasteiger partial charge < -0.3 is 15.0 Å². The van der Waals surface area contributed by atoms with Gasteiger partial charge in [-0.1, -0.05) is 30.3 Å². The zero-order valence-electron chi connectivity index (χ0n) is 14.4. The van der Waals surface area contributed by atoms with E-state index in [0.29, 0.717) is 5.95 Å². The van der Waals surface area contributed by atoms with Crippen LogP contribution in [-0.4, -0.2) is 40.5 Å². The van der Waals surface area contributed by atoms with Crippen molar-refractivity contribution >= 4 is 11.8 Å². The SMILES string of the molecule is CC(C)N(Cc1ccccc1)c1nncc(NCC2CCCO2)n1. The molecule has 1 fully saturated rings. The molecule has 2 aromatic rings. The van der Waals surface area contributed by atoms with Crippen LogP contribution in [0.15, 0.2) is 36.5 Å². The Bertz CT molecular complexity index is 628. The highest BCUT2D eigenvalue weighted by atomic mass is 16.5. The van der Waals surface area contributed by atoms with Gasteiger partial charge in [-0.3, -0.25) is 0 Å². The fourth-order valence-corrected chi connectivity index (χ4v) is 2.79. The summed E-state index contributed by atoms with van der Waals surface area (Å²) in [5, 5.41) is 11.7. The molecule has 6 nitrogen and oxygen atoms in total. The van der Waals surface area contributed by atoms with E-state index < -0.39 is 0 Å². The van der Waals surface area contributed by atoms with E-state index in [9.17, 15) is 0 Å². The van der Waals surface area contributed by atoms with E-state index in [2.05, 4.69) is 51.4 Å². The molecule has 24 heavy (non-hydrogen) atoms. The molecule has 6 heteroatoms. The maximum atomic E-state index is 5.63. The Morgan fingerprint density at radius 2 is 2.12 bits per heavy atom. The van der Waals surface area contributed by atoms with Crippen molar-refractivity contribution in [3.63, 3.8) is 0 Å². The van der Waals surface area contributed by atoms with Crippen LogP contribution < -0.4 is 10.2 Å². The second-order valence-electron chi connectivity index (χ2n) is 6.36. The Hall–Kier alpha value is -2.21. The standard InChI is InChI=1S/C18H25N5O/c1-14(2)23(13-15-7-4-3-5-8-15)18-21-17(12-20-22-18)19-11-16-9-6-10-24-16/h3-5,7-8,12,14,16H,6,9-11,13H2,1-2H3,(H,19,21,22). The summed E-state index contributed by atoms with van der Waals surface area (Å²) in [5.41, 5.74) is 1.23. The van der Waals surface area contributed by atoms with E-state index in [1.807, 2.05) is 18.2 Å². The molecule has 1 aromatic heterocycles. The van der Waals surface area contributed by atoms with Gasteiger partial charge >= 0.3 is 0 Å². The third kappa shape index (κ3) is 4.41. The average molecular weight is 327 g/mol. The van der Waals surface area contributed by atoms with Gasteiger partial charge in [0.1, 0.15) is 0 Å². The van der Waals surface area contributed by atoms with Crippen LogP contribution in [0.4, 0.5) is 11.8 Å². The number of hydrogen-bond donors (Lipinski definition) is 1. The second kappa shape index (κ2) is 8.06. The molecule has 0 spiro atoms. The number of ether oxygens (including phenoxy) is 1. The Balaban J connectivity index is 1.69. The minimum absolute atomic E-state index is 0.272. The first kappa shape index (κ1) is 16.6. The van der Waals surface area contributed by atoms with E-state index in [-0.39, 0.29) is 12.1 Å². The highest BCUT2D eigenvalue weighted by Gasteiger charge is 2.17. The molecule has 1 aromatic carbocycles. The van der Waals surface area contributed by atoms with Gasteiger partial charge in [-0.15, -0.1) is 5.10 Å². The van der Waals surface area contributed by atoms with Crippen molar-refractivity contribution in [3.8, 4) is 0 Å². The lowest BCUT2D eigenvalue weighted by Crippen LogP contribution is -2.32. The lowest BCUT2D eigenvalue weighted by Gasteiger charge is -2.26. The van der Waals surface area contributed by atoms with Crippen molar-refractivity contribution in [2.45, 2.75) is 45.4 Å². The van der Waals surface area contributed by atoms with Gasteiger partial charge in [0.15, 0.2) is 5.82 Å². The van der Waals surface area contributed by atoms with Gasteiger partial charge in [0.05, 0.1) is 12.3 Å². The molecule has 1 atom stereocenters. The summed E-state index contributed by atoms with van der Waals surface area (Å²) in [7, 11) is 0. The molecule has 0 radical (unpaired) electrons. The summed E-state index contributed by atoms with van der Waals surface area (Å²) in [6.45, 7) is 6.66. The molecule has 2 heterocycles. The molecule has 1 N–H and O–H groups in total. The van der Waals surface area contributed by atoms with Gasteiger partial charge in [-0.05, 0) is 32.3 Å². The predicted octanol–water partition coefficient (Wildman–Crippen LogP) is 2.88. The summed E-state index contributed by atoms with van der Waals surface area (Å²) in [6, 6.07) is 10.6. The summed E-state index contributed by atoms with van der Waals surface area (Å²) in [5.74, 6) is 1.39. The zero-order valence-corrected chi connectivity index (χ0v) is 14.4. The number of nitrogens with one attached hydrogen (secondary N) is 1. The number of anilines is 2. The zero-order chi connectivity index (χ0) is 16.8. The van der Waals surface area contributed by atoms with Crippen molar-refractivity contribution in [2.75, 3.05) is 23.4 Å². The van der Waals surface area contributed by atoms with Crippen molar-refractivity contribution in [3.05, 3.63) is 42.1 Å². The van der Waals surface area contributed by atoms with Crippen LogP contribution >= 0.6 is 0 Å². The van der Waals surface area contributed by atoms with Crippen molar-refractivity contribution in [1.29, 1.82) is 0 Å². The minimum atomic E-state index is 0.272. The first-order chi connectivity index (χ1) is 11.7. The summed E-state index contributed by atoms with van der Waals surface area (Å²) < 4.78 is 5.63. The van der Waals surface area contributed by atoms with Crippen molar-refractivity contribution < 1.29 is 4.74 Å². The van der Waals surface area contributed by atoms with E-state index in [1.165, 1.54) is 5.56 Å². The molecular weight excluding hydrogens is 302 g/mol. The van der Waals surface area contributed by atoms with E-state index >= 15 is 0 Å². The number of rotatable bonds is 7. The van der Waals surface area contributed by atoms with Crippen LogP contribution in [0, 0.1) is 0 Å². The van der Waals surface area contributed by atoms with E-state index in [4.69, 9.17) is 4.74 Å². The number of hydrogen-bond acceptors (Lipinski definition) is 6. The van der Waals surface area contributed by atoms with Crippen LogP contribution in [0.25, 0.3) is 0 Å². The van der Waals surface area contributed by atoms with E-state index in [0.717, 1.165) is 38.4 Å². The smallest absolute Gasteiger partial charge is 0.247 e. The van der Waals surface area contributed by atoms with Crippen LogP contribution in [0.1, 0.15) is 32.3 Å².